The molecule has 0 amide bonds. The Morgan fingerprint density at radius 3 is 2.93 bits per heavy atom. The third kappa shape index (κ3) is 2.90. The average Bonchev–Trinajstić information content (AvgIpc) is 3.29. The normalized spacial score (nSPS) is 13.3. The van der Waals surface area contributed by atoms with E-state index in [9.17, 15) is 4.79 Å². The molecule has 0 unspecified atom stereocenters. The number of rotatable bonds is 5. The van der Waals surface area contributed by atoms with Gasteiger partial charge in [-0.05, 0) is 41.2 Å². The molecule has 5 rings (SSSR count). The molecule has 4 aromatic rings. The molecule has 1 aliphatic rings. The molecule has 0 fully saturated rings. The Kier molecular flexibility index (Phi) is 4.57. The van der Waals surface area contributed by atoms with Gasteiger partial charge in [0, 0.05) is 17.2 Å². The van der Waals surface area contributed by atoms with Gasteiger partial charge in [0.25, 0.3) is 5.56 Å². The smallest absolute Gasteiger partial charge is 0.263 e. The fourth-order valence-electron chi connectivity index (χ4n) is 4.02. The van der Waals surface area contributed by atoms with Gasteiger partial charge in [-0.1, -0.05) is 60.3 Å². The second-order valence-electron chi connectivity index (χ2n) is 7.06. The summed E-state index contributed by atoms with van der Waals surface area (Å²) in [5, 5.41) is 4.12. The molecular formula is C23H20N2OS2. The SMILES string of the molecule is C=CCn1c(SCc2cccc3ccccc23)nc2sc3c(c2c1=O)CCC3. The van der Waals surface area contributed by atoms with Crippen LogP contribution in [0, 0.1) is 0 Å². The fraction of sp³-hybridized carbons (Fsp3) is 0.217. The van der Waals surface area contributed by atoms with Crippen LogP contribution in [0.3, 0.4) is 0 Å². The molecule has 140 valence electrons. The van der Waals surface area contributed by atoms with E-state index in [-0.39, 0.29) is 5.56 Å². The number of nitrogens with zero attached hydrogens (tertiary/aromatic N) is 2. The van der Waals surface area contributed by atoms with Gasteiger partial charge in [-0.3, -0.25) is 9.36 Å². The maximum absolute atomic E-state index is 13.3. The fourth-order valence-corrected chi connectivity index (χ4v) is 6.33. The van der Waals surface area contributed by atoms with Gasteiger partial charge in [0.05, 0.1) is 5.39 Å². The minimum absolute atomic E-state index is 0.0877. The number of hydrogen-bond acceptors (Lipinski definition) is 4. The van der Waals surface area contributed by atoms with Crippen LogP contribution in [0.1, 0.15) is 22.4 Å². The molecular weight excluding hydrogens is 384 g/mol. The summed E-state index contributed by atoms with van der Waals surface area (Å²) in [5.74, 6) is 0.779. The Morgan fingerprint density at radius 1 is 1.18 bits per heavy atom. The summed E-state index contributed by atoms with van der Waals surface area (Å²) >= 11 is 3.34. The topological polar surface area (TPSA) is 34.9 Å². The lowest BCUT2D eigenvalue weighted by Crippen LogP contribution is -2.22. The van der Waals surface area contributed by atoms with E-state index in [1.54, 1.807) is 33.7 Å². The van der Waals surface area contributed by atoms with E-state index < -0.39 is 0 Å². The molecule has 0 saturated carbocycles. The quantitative estimate of drug-likeness (QED) is 0.247. The monoisotopic (exact) mass is 404 g/mol. The lowest BCUT2D eigenvalue weighted by atomic mass is 10.1. The van der Waals surface area contributed by atoms with E-state index in [0.29, 0.717) is 6.54 Å². The zero-order valence-electron chi connectivity index (χ0n) is 15.5. The van der Waals surface area contributed by atoms with Crippen LogP contribution in [0.25, 0.3) is 21.0 Å². The molecule has 0 radical (unpaired) electrons. The van der Waals surface area contributed by atoms with Crippen LogP contribution in [0.15, 0.2) is 65.1 Å². The molecule has 0 bridgehead atoms. The number of thioether (sulfide) groups is 1. The number of fused-ring (bicyclic) bond motifs is 4. The standard InChI is InChI=1S/C23H20N2OS2/c1-2-13-25-22(26)20-18-11-6-12-19(18)28-21(20)24-23(25)27-14-16-9-5-8-15-7-3-4-10-17(15)16/h2-5,7-10H,1,6,11-14H2. The Hall–Kier alpha value is -2.37. The van der Waals surface area contributed by atoms with Crippen molar-refractivity contribution in [3.63, 3.8) is 0 Å². The molecule has 3 nitrogen and oxygen atoms in total. The van der Waals surface area contributed by atoms with Crippen molar-refractivity contribution in [1.82, 2.24) is 9.55 Å². The van der Waals surface area contributed by atoms with E-state index in [1.807, 2.05) is 0 Å². The lowest BCUT2D eigenvalue weighted by Gasteiger charge is -2.11. The molecule has 28 heavy (non-hydrogen) atoms. The predicted octanol–water partition coefficient (Wildman–Crippen LogP) is 5.58. The van der Waals surface area contributed by atoms with E-state index in [1.165, 1.54) is 26.8 Å². The van der Waals surface area contributed by atoms with Gasteiger partial charge in [0.2, 0.25) is 0 Å². The van der Waals surface area contributed by atoms with E-state index in [0.717, 1.165) is 40.4 Å². The highest BCUT2D eigenvalue weighted by atomic mass is 32.2. The van der Waals surface area contributed by atoms with Crippen molar-refractivity contribution in [2.24, 2.45) is 0 Å². The third-order valence-electron chi connectivity index (χ3n) is 5.34. The second-order valence-corrected chi connectivity index (χ2v) is 9.09. The van der Waals surface area contributed by atoms with Gasteiger partial charge >= 0.3 is 0 Å². The molecule has 2 aromatic heterocycles. The molecule has 1 aliphatic carbocycles. The van der Waals surface area contributed by atoms with Crippen LogP contribution in [-0.2, 0) is 25.1 Å². The molecule has 0 aliphatic heterocycles. The lowest BCUT2D eigenvalue weighted by molar-refractivity contribution is 0.672. The molecule has 2 heterocycles. The van der Waals surface area contributed by atoms with Gasteiger partial charge in [0.1, 0.15) is 4.83 Å². The highest BCUT2D eigenvalue weighted by Crippen LogP contribution is 2.36. The summed E-state index contributed by atoms with van der Waals surface area (Å²) in [7, 11) is 0. The largest absolute Gasteiger partial charge is 0.283 e. The van der Waals surface area contributed by atoms with Gasteiger partial charge in [-0.15, -0.1) is 17.9 Å². The van der Waals surface area contributed by atoms with Crippen LogP contribution in [-0.4, -0.2) is 9.55 Å². The van der Waals surface area contributed by atoms with Crippen LogP contribution < -0.4 is 5.56 Å². The van der Waals surface area contributed by atoms with Crippen molar-refractivity contribution < 1.29 is 0 Å². The molecule has 0 saturated heterocycles. The molecule has 0 spiro atoms. The number of aryl methyl sites for hydroxylation is 2. The summed E-state index contributed by atoms with van der Waals surface area (Å²) in [6.45, 7) is 4.33. The average molecular weight is 405 g/mol. The van der Waals surface area contributed by atoms with E-state index >= 15 is 0 Å². The van der Waals surface area contributed by atoms with Gasteiger partial charge in [-0.2, -0.15) is 0 Å². The zero-order chi connectivity index (χ0) is 19.1. The maximum atomic E-state index is 13.3. The van der Waals surface area contributed by atoms with Gasteiger partial charge in [0.15, 0.2) is 5.16 Å². The van der Waals surface area contributed by atoms with Crippen molar-refractivity contribution in [2.75, 3.05) is 0 Å². The minimum atomic E-state index is 0.0877. The Bertz CT molecular complexity index is 1260. The second kappa shape index (κ2) is 7.22. The van der Waals surface area contributed by atoms with Crippen molar-refractivity contribution in [1.29, 1.82) is 0 Å². The van der Waals surface area contributed by atoms with Crippen LogP contribution in [0.4, 0.5) is 0 Å². The van der Waals surface area contributed by atoms with Crippen molar-refractivity contribution in [3.05, 3.63) is 81.5 Å². The first-order chi connectivity index (χ1) is 13.8. The summed E-state index contributed by atoms with van der Waals surface area (Å²) in [6, 6.07) is 14.8. The summed E-state index contributed by atoms with van der Waals surface area (Å²) in [5.41, 5.74) is 2.59. The molecule has 2 aromatic carbocycles. The number of allylic oxidation sites excluding steroid dienone is 1. The Morgan fingerprint density at radius 2 is 2.04 bits per heavy atom. The van der Waals surface area contributed by atoms with Crippen molar-refractivity contribution in [3.8, 4) is 0 Å². The van der Waals surface area contributed by atoms with Crippen molar-refractivity contribution in [2.45, 2.75) is 36.7 Å². The highest BCUT2D eigenvalue weighted by Gasteiger charge is 2.23. The number of benzene rings is 2. The van der Waals surface area contributed by atoms with Gasteiger partial charge in [-0.25, -0.2) is 4.98 Å². The van der Waals surface area contributed by atoms with E-state index in [4.69, 9.17) is 4.98 Å². The number of aromatic nitrogens is 2. The summed E-state index contributed by atoms with van der Waals surface area (Å²) in [4.78, 5) is 20.4. The molecule has 0 atom stereocenters. The first-order valence-corrected chi connectivity index (χ1v) is 11.3. The predicted molar refractivity (Wildman–Crippen MR) is 120 cm³/mol. The van der Waals surface area contributed by atoms with Crippen LogP contribution >= 0.6 is 23.1 Å². The number of thiophene rings is 1. The Balaban J connectivity index is 1.57. The first kappa shape index (κ1) is 17.7. The minimum Gasteiger partial charge on any atom is -0.283 e. The van der Waals surface area contributed by atoms with Gasteiger partial charge < -0.3 is 0 Å². The molecule has 5 heteroatoms. The first-order valence-electron chi connectivity index (χ1n) is 9.51. The zero-order valence-corrected chi connectivity index (χ0v) is 17.1. The molecule has 0 N–H and O–H groups in total. The summed E-state index contributed by atoms with van der Waals surface area (Å²) in [6.07, 6.45) is 5.01. The Labute approximate surface area is 171 Å². The number of hydrogen-bond donors (Lipinski definition) is 0. The maximum Gasteiger partial charge on any atom is 0.263 e. The van der Waals surface area contributed by atoms with Crippen molar-refractivity contribution >= 4 is 44.1 Å². The van der Waals surface area contributed by atoms with E-state index in [2.05, 4.69) is 49.0 Å². The van der Waals surface area contributed by atoms with Crippen LogP contribution in [0.2, 0.25) is 0 Å². The highest BCUT2D eigenvalue weighted by molar-refractivity contribution is 7.98. The summed E-state index contributed by atoms with van der Waals surface area (Å²) < 4.78 is 1.79. The van der Waals surface area contributed by atoms with Crippen LogP contribution in [0.5, 0.6) is 0 Å². The third-order valence-corrected chi connectivity index (χ3v) is 7.55.